The number of pyridine rings is 2. The van der Waals surface area contributed by atoms with Gasteiger partial charge < -0.3 is 5.73 Å². The highest BCUT2D eigenvalue weighted by atomic mass is 79.9. The van der Waals surface area contributed by atoms with Crippen molar-refractivity contribution in [3.63, 3.8) is 0 Å². The molecule has 0 radical (unpaired) electrons. The van der Waals surface area contributed by atoms with Crippen LogP contribution >= 0.6 is 31.9 Å². The zero-order valence-corrected chi connectivity index (χ0v) is 15.0. The number of fused-ring (bicyclic) bond motifs is 2. The maximum Gasteiger partial charge on any atom is 0.181 e. The van der Waals surface area contributed by atoms with Crippen LogP contribution in [0.2, 0.25) is 0 Å². The maximum atomic E-state index is 11.1. The molecule has 4 nitrogen and oxygen atoms in total. The van der Waals surface area contributed by atoms with Crippen LogP contribution in [0.4, 0.5) is 0 Å². The molecule has 1 atom stereocenters. The number of carbonyl (C=O) groups is 1. The van der Waals surface area contributed by atoms with Crippen LogP contribution in [0.15, 0.2) is 33.5 Å². The van der Waals surface area contributed by atoms with Gasteiger partial charge in [-0.15, -0.1) is 0 Å². The molecular formula is C16H15Br2N3O. The van der Waals surface area contributed by atoms with E-state index in [1.165, 1.54) is 5.56 Å². The molecule has 0 saturated carbocycles. The molecule has 2 N–H and O–H groups in total. The highest BCUT2D eigenvalue weighted by Gasteiger charge is 2.22. The van der Waals surface area contributed by atoms with Gasteiger partial charge in [-0.3, -0.25) is 14.8 Å². The van der Waals surface area contributed by atoms with Gasteiger partial charge in [0.1, 0.15) is 5.69 Å². The number of Topliss-reactive ketones (excluding diaryl/α,β-unsaturated/α-hetero) is 1. The van der Waals surface area contributed by atoms with Gasteiger partial charge in [-0.1, -0.05) is 31.9 Å². The second kappa shape index (κ2) is 6.56. The van der Waals surface area contributed by atoms with Gasteiger partial charge in [-0.05, 0) is 42.5 Å². The van der Waals surface area contributed by atoms with Crippen LogP contribution in [0, 0.1) is 0 Å². The van der Waals surface area contributed by atoms with E-state index in [0.29, 0.717) is 12.1 Å². The molecule has 4 rings (SSSR count). The fourth-order valence-electron chi connectivity index (χ4n) is 2.79. The minimum absolute atomic E-state index is 0.155. The number of hydrogen-bond acceptors (Lipinski definition) is 4. The number of halogens is 2. The molecule has 0 amide bonds. The minimum Gasteiger partial charge on any atom is -0.323 e. The molecule has 0 spiro atoms. The number of nitrogens with two attached hydrogens (primary N) is 1. The number of ketones is 1. The van der Waals surface area contributed by atoms with Gasteiger partial charge in [0.15, 0.2) is 5.78 Å². The second-order valence-corrected chi connectivity index (χ2v) is 7.05. The third-order valence-electron chi connectivity index (χ3n) is 3.95. The third kappa shape index (κ3) is 3.00. The van der Waals surface area contributed by atoms with E-state index in [9.17, 15) is 4.79 Å². The first-order valence-electron chi connectivity index (χ1n) is 7.13. The number of nitrogens with zero attached hydrogens (tertiary/aromatic N) is 2. The van der Waals surface area contributed by atoms with E-state index in [1.54, 1.807) is 12.4 Å². The van der Waals surface area contributed by atoms with Gasteiger partial charge in [0.2, 0.25) is 0 Å². The summed E-state index contributed by atoms with van der Waals surface area (Å²) in [4.78, 5) is 19.4. The lowest BCUT2D eigenvalue weighted by atomic mass is 10.2. The van der Waals surface area contributed by atoms with Crippen LogP contribution in [-0.2, 0) is 12.8 Å². The van der Waals surface area contributed by atoms with Crippen molar-refractivity contribution < 1.29 is 4.79 Å². The zero-order chi connectivity index (χ0) is 15.7. The third-order valence-corrected chi connectivity index (χ3v) is 5.44. The fraction of sp³-hybridized carbons (Fsp3) is 0.312. The van der Waals surface area contributed by atoms with E-state index in [4.69, 9.17) is 5.73 Å². The topological polar surface area (TPSA) is 68.9 Å². The number of aromatic nitrogens is 2. The van der Waals surface area contributed by atoms with Crippen LogP contribution in [0.3, 0.4) is 0 Å². The Kier molecular flexibility index (Phi) is 4.70. The predicted octanol–water partition coefficient (Wildman–Crippen LogP) is 3.76. The Morgan fingerprint density at radius 2 is 1.68 bits per heavy atom. The van der Waals surface area contributed by atoms with Crippen LogP contribution in [-0.4, -0.2) is 15.8 Å². The lowest BCUT2D eigenvalue weighted by molar-refractivity contribution is 0.0990. The summed E-state index contributed by atoms with van der Waals surface area (Å²) in [6.07, 6.45) is 7.00. The zero-order valence-electron chi connectivity index (χ0n) is 11.9. The van der Waals surface area contributed by atoms with Gasteiger partial charge in [0.05, 0.1) is 5.69 Å². The van der Waals surface area contributed by atoms with Crippen molar-refractivity contribution in [2.24, 2.45) is 5.73 Å². The van der Waals surface area contributed by atoms with Crippen LogP contribution < -0.4 is 5.73 Å². The molecule has 1 unspecified atom stereocenters. The molecule has 0 aromatic carbocycles. The standard InChI is InChI=1S/C8H9BrN2.C8H6BrNO/c9-6-3-4-11-8-5(6)1-2-7(8)10;9-6-3-4-10-8-5(6)1-2-7(8)11/h3-4,7H,1-2,10H2;3-4H,1-2H2. The minimum atomic E-state index is 0.155. The van der Waals surface area contributed by atoms with Crippen LogP contribution in [0.25, 0.3) is 0 Å². The number of hydrogen-bond donors (Lipinski definition) is 1. The highest BCUT2D eigenvalue weighted by molar-refractivity contribution is 9.10. The predicted molar refractivity (Wildman–Crippen MR) is 91.8 cm³/mol. The second-order valence-electron chi connectivity index (χ2n) is 5.34. The summed E-state index contributed by atoms with van der Waals surface area (Å²) in [5, 5.41) is 0. The van der Waals surface area contributed by atoms with Crippen molar-refractivity contribution in [3.05, 3.63) is 56.0 Å². The molecule has 22 heavy (non-hydrogen) atoms. The van der Waals surface area contributed by atoms with Crippen LogP contribution in [0.5, 0.6) is 0 Å². The molecule has 2 heterocycles. The largest absolute Gasteiger partial charge is 0.323 e. The summed E-state index contributed by atoms with van der Waals surface area (Å²) in [5.74, 6) is 0.168. The lowest BCUT2D eigenvalue weighted by Crippen LogP contribution is -2.06. The molecule has 2 aliphatic carbocycles. The maximum absolute atomic E-state index is 11.1. The Bertz CT molecular complexity index is 733. The normalized spacial score (nSPS) is 18.5. The van der Waals surface area contributed by atoms with Crippen molar-refractivity contribution in [1.82, 2.24) is 9.97 Å². The Hall–Kier alpha value is -1.11. The van der Waals surface area contributed by atoms with Crippen molar-refractivity contribution in [2.75, 3.05) is 0 Å². The van der Waals surface area contributed by atoms with E-state index >= 15 is 0 Å². The lowest BCUT2D eigenvalue weighted by Gasteiger charge is -2.02. The summed E-state index contributed by atoms with van der Waals surface area (Å²) in [7, 11) is 0. The summed E-state index contributed by atoms with van der Waals surface area (Å²) < 4.78 is 2.16. The Morgan fingerprint density at radius 3 is 2.36 bits per heavy atom. The van der Waals surface area contributed by atoms with E-state index in [0.717, 1.165) is 39.5 Å². The van der Waals surface area contributed by atoms with E-state index < -0.39 is 0 Å². The molecule has 2 aromatic heterocycles. The van der Waals surface area contributed by atoms with Gasteiger partial charge >= 0.3 is 0 Å². The van der Waals surface area contributed by atoms with Crippen molar-refractivity contribution in [3.8, 4) is 0 Å². The molecule has 0 fully saturated rings. The summed E-state index contributed by atoms with van der Waals surface area (Å²) >= 11 is 6.86. The monoisotopic (exact) mass is 423 g/mol. The first-order valence-corrected chi connectivity index (χ1v) is 8.72. The SMILES string of the molecule is NC1CCc2c(Br)ccnc21.O=C1CCc2c(Br)ccnc21. The van der Waals surface area contributed by atoms with Gasteiger partial charge in [-0.25, -0.2) is 0 Å². The summed E-state index contributed by atoms with van der Waals surface area (Å²) in [6.45, 7) is 0. The Morgan fingerprint density at radius 1 is 1.00 bits per heavy atom. The average Bonchev–Trinajstić information content (AvgIpc) is 3.07. The summed E-state index contributed by atoms with van der Waals surface area (Å²) in [5.41, 5.74) is 9.91. The first kappa shape index (κ1) is 15.8. The van der Waals surface area contributed by atoms with Gasteiger partial charge in [0.25, 0.3) is 0 Å². The van der Waals surface area contributed by atoms with Crippen LogP contribution in [0.1, 0.15) is 46.2 Å². The Balaban J connectivity index is 0.000000131. The van der Waals surface area contributed by atoms with E-state index in [1.807, 2.05) is 12.1 Å². The molecular weight excluding hydrogens is 410 g/mol. The Labute approximate surface area is 145 Å². The molecule has 0 bridgehead atoms. The first-order chi connectivity index (χ1) is 10.6. The molecule has 114 valence electrons. The smallest absolute Gasteiger partial charge is 0.181 e. The fourth-order valence-corrected chi connectivity index (χ4v) is 3.82. The van der Waals surface area contributed by atoms with Crippen molar-refractivity contribution in [2.45, 2.75) is 31.7 Å². The van der Waals surface area contributed by atoms with Crippen molar-refractivity contribution >= 4 is 37.6 Å². The molecule has 6 heteroatoms. The van der Waals surface area contributed by atoms with Crippen molar-refractivity contribution in [1.29, 1.82) is 0 Å². The van der Waals surface area contributed by atoms with Gasteiger partial charge in [-0.2, -0.15) is 0 Å². The molecule has 2 aromatic rings. The quantitative estimate of drug-likeness (QED) is 0.698. The molecule has 2 aliphatic rings. The van der Waals surface area contributed by atoms with E-state index in [2.05, 4.69) is 41.8 Å². The average molecular weight is 425 g/mol. The molecule has 0 aliphatic heterocycles. The highest BCUT2D eigenvalue weighted by Crippen LogP contribution is 2.32. The van der Waals surface area contributed by atoms with Gasteiger partial charge in [0, 0.05) is 33.8 Å². The number of rotatable bonds is 0. The summed E-state index contributed by atoms with van der Waals surface area (Å²) in [6, 6.07) is 4.00. The molecule has 0 saturated heterocycles. The van der Waals surface area contributed by atoms with E-state index in [-0.39, 0.29) is 11.8 Å². The number of carbonyl (C=O) groups excluding carboxylic acids is 1.